The fourth-order valence-electron chi connectivity index (χ4n) is 1.86. The molecule has 7 heteroatoms. The van der Waals surface area contributed by atoms with Crippen molar-refractivity contribution in [3.8, 4) is 6.19 Å². The molecule has 100 valence electrons. The molecule has 1 aliphatic heterocycles. The minimum atomic E-state index is 0.174. The van der Waals surface area contributed by atoms with E-state index in [4.69, 9.17) is 5.26 Å². The number of rotatable bonds is 2. The molecule has 0 aliphatic carbocycles. The predicted molar refractivity (Wildman–Crippen MR) is 70.6 cm³/mol. The average Bonchev–Trinajstić information content (AvgIpc) is 2.49. The number of hydroxylamine groups is 2. The number of aromatic nitrogens is 1. The summed E-state index contributed by atoms with van der Waals surface area (Å²) in [4.78, 5) is 10.1. The van der Waals surface area contributed by atoms with Gasteiger partial charge in [-0.05, 0) is 11.6 Å². The van der Waals surface area contributed by atoms with E-state index < -0.39 is 0 Å². The highest BCUT2D eigenvalue weighted by Gasteiger charge is 2.15. The highest BCUT2D eigenvalue weighted by Crippen LogP contribution is 2.04. The summed E-state index contributed by atoms with van der Waals surface area (Å²) in [7, 11) is 0. The Bertz CT molecular complexity index is 463. The smallest absolute Gasteiger partial charge is 0.199 e. The molecule has 1 fully saturated rings. The van der Waals surface area contributed by atoms with Crippen LogP contribution in [0.1, 0.15) is 5.56 Å². The lowest BCUT2D eigenvalue weighted by Crippen LogP contribution is -2.50. The molecule has 1 N–H and O–H groups in total. The van der Waals surface area contributed by atoms with Crippen LogP contribution in [0.15, 0.2) is 29.5 Å². The molecule has 1 aliphatic rings. The molecule has 0 saturated carbocycles. The van der Waals surface area contributed by atoms with Crippen LogP contribution in [0.5, 0.6) is 0 Å². The maximum Gasteiger partial charge on any atom is 0.199 e. The van der Waals surface area contributed by atoms with Gasteiger partial charge in [-0.2, -0.15) is 5.26 Å². The topological polar surface area (TPSA) is 90.6 Å². The summed E-state index contributed by atoms with van der Waals surface area (Å²) >= 11 is 0. The first-order valence-corrected chi connectivity index (χ1v) is 6.07. The van der Waals surface area contributed by atoms with Crippen LogP contribution < -0.4 is 5.32 Å². The molecule has 1 aromatic heterocycles. The number of guanidine groups is 1. The van der Waals surface area contributed by atoms with E-state index in [2.05, 4.69) is 15.3 Å². The molecule has 2 rings (SSSR count). The molecule has 0 bridgehead atoms. The number of aliphatic imine (C=N–C) groups is 1. The normalized spacial score (nSPS) is 16.0. The second-order valence-electron chi connectivity index (χ2n) is 4.11. The van der Waals surface area contributed by atoms with Crippen molar-refractivity contribution in [2.24, 2.45) is 4.99 Å². The van der Waals surface area contributed by atoms with Gasteiger partial charge in [-0.3, -0.25) is 4.98 Å². The Labute approximate surface area is 111 Å². The van der Waals surface area contributed by atoms with E-state index in [-0.39, 0.29) is 11.0 Å². The van der Waals surface area contributed by atoms with Crippen molar-refractivity contribution in [2.45, 2.75) is 6.54 Å². The first-order chi connectivity index (χ1) is 9.31. The van der Waals surface area contributed by atoms with Crippen molar-refractivity contribution < 1.29 is 0 Å². The van der Waals surface area contributed by atoms with E-state index in [1.807, 2.05) is 17.0 Å². The number of hydrogen-bond acceptors (Lipinski definition) is 5. The van der Waals surface area contributed by atoms with Gasteiger partial charge < -0.3 is 20.5 Å². The van der Waals surface area contributed by atoms with Gasteiger partial charge in [-0.15, -0.1) is 0 Å². The lowest BCUT2D eigenvalue weighted by molar-refractivity contribution is 0.333. The summed E-state index contributed by atoms with van der Waals surface area (Å²) in [5.74, 6) is 0.174. The highest BCUT2D eigenvalue weighted by molar-refractivity contribution is 5.82. The average molecular weight is 259 g/mol. The Morgan fingerprint density at radius 3 is 3.00 bits per heavy atom. The van der Waals surface area contributed by atoms with Gasteiger partial charge in [-0.1, -0.05) is 6.07 Å². The van der Waals surface area contributed by atoms with Gasteiger partial charge in [0.2, 0.25) is 0 Å². The van der Waals surface area contributed by atoms with Crippen molar-refractivity contribution in [1.82, 2.24) is 20.3 Å². The van der Waals surface area contributed by atoms with Crippen molar-refractivity contribution in [3.05, 3.63) is 35.3 Å². The van der Waals surface area contributed by atoms with Gasteiger partial charge in [0.1, 0.15) is 0 Å². The maximum absolute atomic E-state index is 11.6. The van der Waals surface area contributed by atoms with Gasteiger partial charge in [-0.25, -0.2) is 4.99 Å². The maximum atomic E-state index is 11.6. The van der Waals surface area contributed by atoms with Crippen LogP contribution in [0.4, 0.5) is 0 Å². The van der Waals surface area contributed by atoms with Crippen molar-refractivity contribution in [2.75, 3.05) is 26.2 Å². The molecular formula is C12H15N6O-. The lowest BCUT2D eigenvalue weighted by Gasteiger charge is -2.35. The Kier molecular flexibility index (Phi) is 4.66. The minimum absolute atomic E-state index is 0.174. The first-order valence-electron chi connectivity index (χ1n) is 6.07. The summed E-state index contributed by atoms with van der Waals surface area (Å²) in [5, 5.41) is 23.8. The van der Waals surface area contributed by atoms with Gasteiger partial charge in [0.05, 0.1) is 6.54 Å². The molecule has 0 radical (unpaired) electrons. The zero-order valence-electron chi connectivity index (χ0n) is 10.5. The standard InChI is InChI=1S/C12H15N6O/c13-10-18(19)12(17-6-4-14-5-7-17)16-9-11-2-1-3-15-8-11/h1-3,8,14H,4-7,9H2/q-1. The number of nitrogens with zero attached hydrogens (tertiary/aromatic N) is 5. The molecule has 0 atom stereocenters. The first kappa shape index (κ1) is 13.3. The summed E-state index contributed by atoms with van der Waals surface area (Å²) in [5.41, 5.74) is 0.904. The Morgan fingerprint density at radius 2 is 2.37 bits per heavy atom. The molecule has 0 unspecified atom stereocenters. The van der Waals surface area contributed by atoms with Crippen molar-refractivity contribution >= 4 is 5.96 Å². The number of hydrogen-bond donors (Lipinski definition) is 1. The van der Waals surface area contributed by atoms with Gasteiger partial charge >= 0.3 is 0 Å². The largest absolute Gasteiger partial charge is 0.743 e. The zero-order valence-corrected chi connectivity index (χ0v) is 10.5. The molecular weight excluding hydrogens is 244 g/mol. The molecule has 1 aromatic rings. The summed E-state index contributed by atoms with van der Waals surface area (Å²) in [6, 6.07) is 3.70. The van der Waals surface area contributed by atoms with Crippen molar-refractivity contribution in [3.63, 3.8) is 0 Å². The molecule has 1 saturated heterocycles. The minimum Gasteiger partial charge on any atom is -0.743 e. The fraction of sp³-hybridized carbons (Fsp3) is 0.417. The third-order valence-electron chi connectivity index (χ3n) is 2.80. The van der Waals surface area contributed by atoms with Gasteiger partial charge in [0, 0.05) is 38.6 Å². The second-order valence-corrected chi connectivity index (χ2v) is 4.11. The highest BCUT2D eigenvalue weighted by atomic mass is 16.5. The van der Waals surface area contributed by atoms with Crippen LogP contribution in [-0.4, -0.2) is 47.1 Å². The Hall–Kier alpha value is -2.17. The van der Waals surface area contributed by atoms with E-state index in [1.165, 1.54) is 0 Å². The quantitative estimate of drug-likeness (QED) is 0.267. The number of pyridine rings is 1. The third-order valence-corrected chi connectivity index (χ3v) is 2.80. The fourth-order valence-corrected chi connectivity index (χ4v) is 1.86. The van der Waals surface area contributed by atoms with Crippen LogP contribution in [-0.2, 0) is 6.54 Å². The predicted octanol–water partition coefficient (Wildman–Crippen LogP) is 0.124. The molecule has 0 aromatic carbocycles. The Morgan fingerprint density at radius 1 is 1.58 bits per heavy atom. The number of nitrogens with one attached hydrogen (secondary N) is 1. The number of piperazine rings is 1. The summed E-state index contributed by atoms with van der Waals surface area (Å²) < 4.78 is 0. The molecule has 0 amide bonds. The molecule has 0 spiro atoms. The van der Waals surface area contributed by atoms with Gasteiger partial charge in [0.15, 0.2) is 12.2 Å². The second kappa shape index (κ2) is 6.68. The number of nitriles is 1. The van der Waals surface area contributed by atoms with Crippen molar-refractivity contribution in [1.29, 1.82) is 5.26 Å². The molecule has 19 heavy (non-hydrogen) atoms. The SMILES string of the molecule is N#CN([O-])C(=NCc1cccnc1)N1CCNCC1. The summed E-state index contributed by atoms with van der Waals surface area (Å²) in [6.45, 7) is 3.25. The van der Waals surface area contributed by atoms with Crippen LogP contribution in [0.3, 0.4) is 0 Å². The third kappa shape index (κ3) is 3.64. The van der Waals surface area contributed by atoms with Gasteiger partial charge in [0.25, 0.3) is 0 Å². The zero-order chi connectivity index (χ0) is 13.5. The van der Waals surface area contributed by atoms with E-state index in [9.17, 15) is 5.21 Å². The van der Waals surface area contributed by atoms with E-state index >= 15 is 0 Å². The van der Waals surface area contributed by atoms with Crippen LogP contribution >= 0.6 is 0 Å². The Balaban J connectivity index is 2.10. The summed E-state index contributed by atoms with van der Waals surface area (Å²) in [6.07, 6.45) is 4.94. The van der Waals surface area contributed by atoms with Crippen LogP contribution in [0.2, 0.25) is 0 Å². The molecule has 7 nitrogen and oxygen atoms in total. The van der Waals surface area contributed by atoms with E-state index in [0.717, 1.165) is 18.7 Å². The monoisotopic (exact) mass is 259 g/mol. The van der Waals surface area contributed by atoms with E-state index in [0.29, 0.717) is 19.6 Å². The lowest BCUT2D eigenvalue weighted by atomic mass is 10.3. The van der Waals surface area contributed by atoms with Crippen LogP contribution in [0.25, 0.3) is 0 Å². The van der Waals surface area contributed by atoms with Crippen LogP contribution in [0, 0.1) is 16.7 Å². The molecule has 2 heterocycles. The van der Waals surface area contributed by atoms with E-state index in [1.54, 1.807) is 18.6 Å².